The Bertz CT molecular complexity index is 774. The van der Waals surface area contributed by atoms with Gasteiger partial charge in [0.05, 0.1) is 0 Å². The van der Waals surface area contributed by atoms with Gasteiger partial charge >= 0.3 is 0 Å². The summed E-state index contributed by atoms with van der Waals surface area (Å²) in [5.41, 5.74) is 3.87. The number of H-pyrrole nitrogens is 1. The van der Waals surface area contributed by atoms with Gasteiger partial charge in [-0.2, -0.15) is 0 Å². The molecule has 2 aromatic rings. The molecule has 1 aliphatic rings. The van der Waals surface area contributed by atoms with Gasteiger partial charge in [0, 0.05) is 55.9 Å². The first-order valence-corrected chi connectivity index (χ1v) is 10.1. The van der Waals surface area contributed by atoms with E-state index < -0.39 is 0 Å². The first-order valence-electron chi connectivity index (χ1n) is 10.1. The van der Waals surface area contributed by atoms with Gasteiger partial charge in [-0.05, 0) is 44.2 Å². The van der Waals surface area contributed by atoms with Crippen molar-refractivity contribution in [1.82, 2.24) is 20.5 Å². The van der Waals surface area contributed by atoms with Crippen molar-refractivity contribution in [1.29, 1.82) is 0 Å². The molecule has 2 heterocycles. The van der Waals surface area contributed by atoms with Crippen LogP contribution in [0.3, 0.4) is 0 Å². The monoisotopic (exact) mass is 495 g/mol. The molecule has 6 heteroatoms. The molecule has 1 aromatic carbocycles. The molecule has 3 N–H and O–H groups in total. The largest absolute Gasteiger partial charge is 0.361 e. The third-order valence-electron chi connectivity index (χ3n) is 5.32. The predicted molar refractivity (Wildman–Crippen MR) is 131 cm³/mol. The van der Waals surface area contributed by atoms with Gasteiger partial charge < -0.3 is 15.6 Å². The van der Waals surface area contributed by atoms with Gasteiger partial charge in [-0.1, -0.05) is 24.3 Å². The van der Waals surface area contributed by atoms with Gasteiger partial charge in [0.1, 0.15) is 0 Å². The van der Waals surface area contributed by atoms with Gasteiger partial charge in [-0.15, -0.1) is 30.6 Å². The molecule has 3 rings (SSSR count). The molecule has 0 unspecified atom stereocenters. The second kappa shape index (κ2) is 11.5. The average molecular weight is 495 g/mol. The Morgan fingerprint density at radius 1 is 1.36 bits per heavy atom. The van der Waals surface area contributed by atoms with Crippen molar-refractivity contribution in [2.24, 2.45) is 4.99 Å². The second-order valence-corrected chi connectivity index (χ2v) is 7.33. The molecule has 154 valence electrons. The van der Waals surface area contributed by atoms with E-state index in [2.05, 4.69) is 65.3 Å². The first-order chi connectivity index (χ1) is 13.2. The van der Waals surface area contributed by atoms with Crippen LogP contribution >= 0.6 is 24.0 Å². The number of para-hydroxylation sites is 1. The van der Waals surface area contributed by atoms with E-state index in [0.717, 1.165) is 57.9 Å². The number of fused-ring (bicyclic) bond motifs is 1. The van der Waals surface area contributed by atoms with Crippen LogP contribution in [0.1, 0.15) is 30.9 Å². The number of piperidine rings is 1. The molecule has 0 aliphatic carbocycles. The quantitative estimate of drug-likeness (QED) is 0.237. The minimum absolute atomic E-state index is 0. The summed E-state index contributed by atoms with van der Waals surface area (Å²) < 4.78 is 0. The SMILES string of the molecule is C=CCN1CCC(NC(=NCCc2c[nH]c3c(C)cccc23)NCC)CC1.I. The third-order valence-corrected chi connectivity index (χ3v) is 5.32. The highest BCUT2D eigenvalue weighted by molar-refractivity contribution is 14.0. The zero-order valence-electron chi connectivity index (χ0n) is 17.1. The molecule has 1 fully saturated rings. The minimum Gasteiger partial charge on any atom is -0.361 e. The lowest BCUT2D eigenvalue weighted by atomic mass is 10.1. The van der Waals surface area contributed by atoms with Crippen molar-refractivity contribution in [3.63, 3.8) is 0 Å². The maximum absolute atomic E-state index is 4.82. The Morgan fingerprint density at radius 2 is 2.14 bits per heavy atom. The number of halogens is 1. The van der Waals surface area contributed by atoms with Crippen molar-refractivity contribution in [3.8, 4) is 0 Å². The molecule has 0 bridgehead atoms. The lowest BCUT2D eigenvalue weighted by Crippen LogP contribution is -2.48. The van der Waals surface area contributed by atoms with Crippen LogP contribution in [0.15, 0.2) is 42.0 Å². The number of benzene rings is 1. The molecular formula is C22H34IN5. The summed E-state index contributed by atoms with van der Waals surface area (Å²) in [6.07, 6.45) is 7.37. The van der Waals surface area contributed by atoms with Crippen molar-refractivity contribution < 1.29 is 0 Å². The van der Waals surface area contributed by atoms with Crippen LogP contribution in [0.2, 0.25) is 0 Å². The summed E-state index contributed by atoms with van der Waals surface area (Å²) in [5.74, 6) is 0.940. The van der Waals surface area contributed by atoms with Crippen LogP contribution in [-0.2, 0) is 6.42 Å². The van der Waals surface area contributed by atoms with Crippen molar-refractivity contribution in [3.05, 3.63) is 48.2 Å². The Labute approximate surface area is 186 Å². The van der Waals surface area contributed by atoms with Crippen molar-refractivity contribution in [2.75, 3.05) is 32.7 Å². The number of guanidine groups is 1. The topological polar surface area (TPSA) is 55.5 Å². The smallest absolute Gasteiger partial charge is 0.191 e. The third kappa shape index (κ3) is 5.98. The van der Waals surface area contributed by atoms with Crippen LogP contribution < -0.4 is 10.6 Å². The van der Waals surface area contributed by atoms with E-state index in [0.29, 0.717) is 6.04 Å². The van der Waals surface area contributed by atoms with Gasteiger partial charge in [-0.3, -0.25) is 9.89 Å². The summed E-state index contributed by atoms with van der Waals surface area (Å²) in [5, 5.41) is 8.34. The maximum atomic E-state index is 4.82. The van der Waals surface area contributed by atoms with Crippen molar-refractivity contribution >= 4 is 40.8 Å². The van der Waals surface area contributed by atoms with Gasteiger partial charge in [0.2, 0.25) is 0 Å². The maximum Gasteiger partial charge on any atom is 0.191 e. The molecule has 0 spiro atoms. The number of hydrogen-bond donors (Lipinski definition) is 3. The van der Waals surface area contributed by atoms with Crippen LogP contribution in [0.4, 0.5) is 0 Å². The van der Waals surface area contributed by atoms with Crippen LogP contribution in [0.25, 0.3) is 10.9 Å². The highest BCUT2D eigenvalue weighted by Gasteiger charge is 2.19. The van der Waals surface area contributed by atoms with Gasteiger partial charge in [-0.25, -0.2) is 0 Å². The summed E-state index contributed by atoms with van der Waals surface area (Å²) in [6, 6.07) is 6.97. The minimum atomic E-state index is 0. The molecule has 0 saturated carbocycles. The summed E-state index contributed by atoms with van der Waals surface area (Å²) in [4.78, 5) is 10.7. The Morgan fingerprint density at radius 3 is 2.86 bits per heavy atom. The standard InChI is InChI=1S/C22H33N5.HI/c1-4-13-27-14-10-19(11-15-27)26-22(23-5-2)24-12-9-18-16-25-21-17(3)7-6-8-20(18)21;/h4,6-8,16,19,25H,1,5,9-15H2,2-3H3,(H2,23,24,26);1H. The van der Waals surface area contributed by atoms with E-state index in [9.17, 15) is 0 Å². The van der Waals surface area contributed by atoms with Crippen LogP contribution in [0.5, 0.6) is 0 Å². The number of nitrogens with zero attached hydrogens (tertiary/aromatic N) is 2. The van der Waals surface area contributed by atoms with Crippen LogP contribution in [0, 0.1) is 6.92 Å². The highest BCUT2D eigenvalue weighted by atomic mass is 127. The first kappa shape index (κ1) is 22.7. The van der Waals surface area contributed by atoms with E-state index >= 15 is 0 Å². The Hall–Kier alpha value is -1.54. The highest BCUT2D eigenvalue weighted by Crippen LogP contribution is 2.21. The lowest BCUT2D eigenvalue weighted by Gasteiger charge is -2.32. The zero-order valence-corrected chi connectivity index (χ0v) is 19.5. The van der Waals surface area contributed by atoms with E-state index in [1.807, 2.05) is 6.08 Å². The Kier molecular flexibility index (Phi) is 9.31. The van der Waals surface area contributed by atoms with E-state index in [-0.39, 0.29) is 24.0 Å². The molecule has 5 nitrogen and oxygen atoms in total. The molecule has 0 atom stereocenters. The fraction of sp³-hybridized carbons (Fsp3) is 0.500. The number of likely N-dealkylation sites (tertiary alicyclic amines) is 1. The Balaban J connectivity index is 0.00000280. The van der Waals surface area contributed by atoms with E-state index in [1.54, 1.807) is 0 Å². The number of hydrogen-bond acceptors (Lipinski definition) is 2. The molecule has 1 aliphatic heterocycles. The molecule has 28 heavy (non-hydrogen) atoms. The molecule has 0 radical (unpaired) electrons. The number of aromatic nitrogens is 1. The molecule has 1 saturated heterocycles. The molecule has 1 aromatic heterocycles. The second-order valence-electron chi connectivity index (χ2n) is 7.33. The fourth-order valence-corrected chi connectivity index (χ4v) is 3.81. The zero-order chi connectivity index (χ0) is 19.1. The number of aryl methyl sites for hydroxylation is 1. The lowest BCUT2D eigenvalue weighted by molar-refractivity contribution is 0.225. The summed E-state index contributed by atoms with van der Waals surface area (Å²) in [6.45, 7) is 13.0. The molecular weight excluding hydrogens is 461 g/mol. The van der Waals surface area contributed by atoms with Crippen molar-refractivity contribution in [2.45, 2.75) is 39.2 Å². The summed E-state index contributed by atoms with van der Waals surface area (Å²) in [7, 11) is 0. The summed E-state index contributed by atoms with van der Waals surface area (Å²) >= 11 is 0. The number of aliphatic imine (C=N–C) groups is 1. The predicted octanol–water partition coefficient (Wildman–Crippen LogP) is 3.84. The number of aromatic amines is 1. The average Bonchev–Trinajstić information content (AvgIpc) is 3.08. The normalized spacial score (nSPS) is 16.0. The number of rotatable bonds is 7. The fourth-order valence-electron chi connectivity index (χ4n) is 3.81. The van der Waals surface area contributed by atoms with E-state index in [4.69, 9.17) is 4.99 Å². The van der Waals surface area contributed by atoms with Gasteiger partial charge in [0.15, 0.2) is 5.96 Å². The van der Waals surface area contributed by atoms with Crippen LogP contribution in [-0.4, -0.2) is 54.6 Å². The molecule has 0 amide bonds. The van der Waals surface area contributed by atoms with E-state index in [1.165, 1.54) is 22.0 Å². The van der Waals surface area contributed by atoms with Gasteiger partial charge in [0.25, 0.3) is 0 Å². The number of nitrogens with one attached hydrogen (secondary N) is 3.